The Bertz CT molecular complexity index is 728. The number of hydrogen-bond donors (Lipinski definition) is 0. The fraction of sp³-hybridized carbons (Fsp3) is 0.500. The maximum absolute atomic E-state index is 12.8. The summed E-state index contributed by atoms with van der Waals surface area (Å²) < 4.78 is 10.8. The number of fused-ring (bicyclic) bond motifs is 1. The molecule has 0 saturated heterocycles. The molecular weight excluding hydrogens is 340 g/mol. The summed E-state index contributed by atoms with van der Waals surface area (Å²) in [6, 6.07) is 7.30. The lowest BCUT2D eigenvalue weighted by Gasteiger charge is -2.41. The molecule has 4 nitrogen and oxygen atoms in total. The fourth-order valence-electron chi connectivity index (χ4n) is 4.62. The molecule has 0 aliphatic heterocycles. The van der Waals surface area contributed by atoms with Gasteiger partial charge < -0.3 is 9.47 Å². The molecule has 0 heterocycles. The smallest absolute Gasteiger partial charge is 0.310 e. The van der Waals surface area contributed by atoms with E-state index in [4.69, 9.17) is 21.1 Å². The molecule has 2 fully saturated rings. The first-order valence-electron chi connectivity index (χ1n) is 8.86. The molecule has 1 aromatic rings. The zero-order chi connectivity index (χ0) is 17.6. The summed E-state index contributed by atoms with van der Waals surface area (Å²) in [5.41, 5.74) is 0.769. The Labute approximate surface area is 152 Å². The second kappa shape index (κ2) is 6.49. The highest BCUT2D eigenvalue weighted by Crippen LogP contribution is 2.63. The van der Waals surface area contributed by atoms with Gasteiger partial charge in [0.05, 0.1) is 18.4 Å². The van der Waals surface area contributed by atoms with Crippen LogP contribution in [0.25, 0.3) is 0 Å². The van der Waals surface area contributed by atoms with Crippen LogP contribution in [0.3, 0.4) is 0 Å². The molecule has 0 aromatic heterocycles. The van der Waals surface area contributed by atoms with Crippen LogP contribution < -0.4 is 0 Å². The molecule has 25 heavy (non-hydrogen) atoms. The quantitative estimate of drug-likeness (QED) is 0.594. The van der Waals surface area contributed by atoms with Crippen LogP contribution in [0.5, 0.6) is 0 Å². The van der Waals surface area contributed by atoms with Crippen LogP contribution in [-0.2, 0) is 25.7 Å². The van der Waals surface area contributed by atoms with Crippen LogP contribution in [-0.4, -0.2) is 18.5 Å². The van der Waals surface area contributed by atoms with Gasteiger partial charge in [0.1, 0.15) is 6.61 Å². The molecule has 0 unspecified atom stereocenters. The van der Waals surface area contributed by atoms with Crippen molar-refractivity contribution in [2.45, 2.75) is 20.0 Å². The third-order valence-corrected chi connectivity index (χ3v) is 6.18. The van der Waals surface area contributed by atoms with Crippen molar-refractivity contribution < 1.29 is 19.1 Å². The Morgan fingerprint density at radius 2 is 1.64 bits per heavy atom. The van der Waals surface area contributed by atoms with Gasteiger partial charge in [0.25, 0.3) is 0 Å². The van der Waals surface area contributed by atoms with Crippen molar-refractivity contribution in [3.05, 3.63) is 47.0 Å². The summed E-state index contributed by atoms with van der Waals surface area (Å²) >= 11 is 6.13. The average molecular weight is 361 g/mol. The van der Waals surface area contributed by atoms with E-state index in [1.807, 2.05) is 18.2 Å². The van der Waals surface area contributed by atoms with Crippen LogP contribution in [0, 0.1) is 35.5 Å². The Morgan fingerprint density at radius 3 is 2.24 bits per heavy atom. The average Bonchev–Trinajstić information content (AvgIpc) is 3.43. The number of allylic oxidation sites excluding steroid dienone is 2. The van der Waals surface area contributed by atoms with E-state index in [0.29, 0.717) is 23.5 Å². The van der Waals surface area contributed by atoms with E-state index in [1.165, 1.54) is 0 Å². The molecule has 0 N–H and O–H groups in total. The molecule has 4 aliphatic rings. The second-order valence-electron chi connectivity index (χ2n) is 7.11. The molecule has 4 aliphatic carbocycles. The molecule has 5 rings (SSSR count). The first-order valence-corrected chi connectivity index (χ1v) is 9.24. The monoisotopic (exact) mass is 360 g/mol. The van der Waals surface area contributed by atoms with E-state index < -0.39 is 11.8 Å². The maximum Gasteiger partial charge on any atom is 0.310 e. The van der Waals surface area contributed by atoms with Gasteiger partial charge in [-0.2, -0.15) is 0 Å². The van der Waals surface area contributed by atoms with Gasteiger partial charge in [-0.15, -0.1) is 0 Å². The van der Waals surface area contributed by atoms with Crippen molar-refractivity contribution in [3.8, 4) is 0 Å². The summed E-state index contributed by atoms with van der Waals surface area (Å²) in [5, 5.41) is 0.574. The normalized spacial score (nSPS) is 34.3. The van der Waals surface area contributed by atoms with Gasteiger partial charge in [0.15, 0.2) is 0 Å². The summed E-state index contributed by atoms with van der Waals surface area (Å²) in [7, 11) is 0. The Hall–Kier alpha value is -1.81. The Kier molecular flexibility index (Phi) is 4.32. The standard InChI is InChI=1S/C20H21ClO4/c1-2-24-19(22)17-12-7-8-13(15-9-14(12)15)18(17)20(23)25-10-11-5-3-4-6-16(11)21/h3-8,12-15,17-18H,2,9-10H2,1H3/t12-,13-,14+,15-,17-,18-/m0/s1. The van der Waals surface area contributed by atoms with E-state index in [-0.39, 0.29) is 30.4 Å². The fourth-order valence-corrected chi connectivity index (χ4v) is 4.81. The Morgan fingerprint density at radius 1 is 1.04 bits per heavy atom. The second-order valence-corrected chi connectivity index (χ2v) is 7.51. The summed E-state index contributed by atoms with van der Waals surface area (Å²) in [6.07, 6.45) is 5.31. The van der Waals surface area contributed by atoms with Crippen molar-refractivity contribution in [1.82, 2.24) is 0 Å². The van der Waals surface area contributed by atoms with Crippen molar-refractivity contribution >= 4 is 23.5 Å². The lowest BCUT2D eigenvalue weighted by molar-refractivity contribution is -0.168. The van der Waals surface area contributed by atoms with Crippen LogP contribution in [0.1, 0.15) is 18.9 Å². The number of esters is 2. The Balaban J connectivity index is 1.52. The molecule has 0 amide bonds. The third kappa shape index (κ3) is 2.86. The van der Waals surface area contributed by atoms with Crippen molar-refractivity contribution in [2.24, 2.45) is 35.5 Å². The molecule has 132 valence electrons. The molecule has 6 atom stereocenters. The molecule has 0 radical (unpaired) electrons. The number of carbonyl (C=O) groups excluding carboxylic acids is 2. The maximum atomic E-state index is 12.8. The molecular formula is C20H21ClO4. The number of rotatable bonds is 5. The minimum atomic E-state index is -0.444. The number of hydrogen-bond acceptors (Lipinski definition) is 4. The zero-order valence-electron chi connectivity index (χ0n) is 14.1. The van der Waals surface area contributed by atoms with Crippen LogP contribution in [0.4, 0.5) is 0 Å². The van der Waals surface area contributed by atoms with E-state index >= 15 is 0 Å². The van der Waals surface area contributed by atoms with Gasteiger partial charge in [0, 0.05) is 10.6 Å². The van der Waals surface area contributed by atoms with Crippen molar-refractivity contribution in [1.29, 1.82) is 0 Å². The summed E-state index contributed by atoms with van der Waals surface area (Å²) in [5.74, 6) is -0.224. The number of benzene rings is 1. The molecule has 1 aromatic carbocycles. The largest absolute Gasteiger partial charge is 0.466 e. The summed E-state index contributed by atoms with van der Waals surface area (Å²) in [4.78, 5) is 25.4. The third-order valence-electron chi connectivity index (χ3n) is 5.81. The highest BCUT2D eigenvalue weighted by Gasteiger charge is 2.63. The minimum absolute atomic E-state index is 0.0863. The first kappa shape index (κ1) is 16.6. The number of ether oxygens (including phenoxy) is 2. The minimum Gasteiger partial charge on any atom is -0.466 e. The van der Waals surface area contributed by atoms with Gasteiger partial charge in [-0.25, -0.2) is 0 Å². The van der Waals surface area contributed by atoms with Crippen molar-refractivity contribution in [2.75, 3.05) is 6.61 Å². The van der Waals surface area contributed by atoms with E-state index in [1.54, 1.807) is 13.0 Å². The number of carbonyl (C=O) groups is 2. The predicted octanol–water partition coefficient (Wildman–Crippen LogP) is 3.63. The highest BCUT2D eigenvalue weighted by atomic mass is 35.5. The van der Waals surface area contributed by atoms with Crippen LogP contribution >= 0.6 is 11.6 Å². The lowest BCUT2D eigenvalue weighted by Crippen LogP contribution is -2.47. The molecule has 2 bridgehead atoms. The van der Waals surface area contributed by atoms with Gasteiger partial charge in [-0.1, -0.05) is 42.0 Å². The van der Waals surface area contributed by atoms with Crippen molar-refractivity contribution in [3.63, 3.8) is 0 Å². The number of halogens is 1. The SMILES string of the molecule is CCOC(=O)[C@H]1[C@H]2C=C[C@@H]([C@@H]3C[C@H]23)[C@@H]1C(=O)OCc1ccccc1Cl. The predicted molar refractivity (Wildman–Crippen MR) is 92.6 cm³/mol. The van der Waals surface area contributed by atoms with E-state index in [2.05, 4.69) is 12.2 Å². The molecule has 5 heteroatoms. The molecule has 0 spiro atoms. The van der Waals surface area contributed by atoms with E-state index in [9.17, 15) is 9.59 Å². The van der Waals surface area contributed by atoms with Gasteiger partial charge >= 0.3 is 11.9 Å². The zero-order valence-corrected chi connectivity index (χ0v) is 14.8. The summed E-state index contributed by atoms with van der Waals surface area (Å²) in [6.45, 7) is 2.24. The highest BCUT2D eigenvalue weighted by molar-refractivity contribution is 6.31. The lowest BCUT2D eigenvalue weighted by atomic mass is 9.62. The molecule has 2 saturated carbocycles. The van der Waals surface area contributed by atoms with E-state index in [0.717, 1.165) is 12.0 Å². The topological polar surface area (TPSA) is 52.6 Å². The first-order chi connectivity index (χ1) is 12.1. The van der Waals surface area contributed by atoms with Gasteiger partial charge in [-0.3, -0.25) is 9.59 Å². The van der Waals surface area contributed by atoms with Gasteiger partial charge in [-0.05, 0) is 43.1 Å². The van der Waals surface area contributed by atoms with Crippen LogP contribution in [0.15, 0.2) is 36.4 Å². The van der Waals surface area contributed by atoms with Gasteiger partial charge in [0.2, 0.25) is 0 Å². The van der Waals surface area contributed by atoms with Crippen LogP contribution in [0.2, 0.25) is 5.02 Å².